The molecule has 0 aromatic carbocycles. The molecule has 4 atom stereocenters. The van der Waals surface area contributed by atoms with Gasteiger partial charge in [0, 0.05) is 13.2 Å². The van der Waals surface area contributed by atoms with Crippen molar-refractivity contribution in [1.29, 1.82) is 0 Å². The van der Waals surface area contributed by atoms with Crippen molar-refractivity contribution < 1.29 is 23.1 Å². The molecule has 2 fully saturated rings. The summed E-state index contributed by atoms with van der Waals surface area (Å²) in [6, 6.07) is 0. The second kappa shape index (κ2) is 13.4. The molecular formula is C18H38O5Si2. The fourth-order valence-corrected chi connectivity index (χ4v) is 6.97. The summed E-state index contributed by atoms with van der Waals surface area (Å²) < 4.78 is 29.4. The normalized spacial score (nSPS) is 26.2. The largest absolute Gasteiger partial charge is 0.461 e. The topological polar surface area (TPSA) is 46.2 Å². The third-order valence-corrected chi connectivity index (χ3v) is 8.91. The van der Waals surface area contributed by atoms with Crippen molar-refractivity contribution in [3.63, 3.8) is 0 Å². The fourth-order valence-electron chi connectivity index (χ4n) is 2.94. The molecule has 0 spiro atoms. The van der Waals surface area contributed by atoms with Crippen LogP contribution in [0, 0.1) is 0 Å². The average Bonchev–Trinajstić information content (AvgIpc) is 2.53. The van der Waals surface area contributed by atoms with Crippen molar-refractivity contribution in [3.8, 4) is 0 Å². The van der Waals surface area contributed by atoms with Gasteiger partial charge in [0.2, 0.25) is 0 Å². The molecule has 2 heterocycles. The Bertz CT molecular complexity index is 297. The molecule has 5 nitrogen and oxygen atoms in total. The van der Waals surface area contributed by atoms with Gasteiger partial charge < -0.3 is 23.1 Å². The van der Waals surface area contributed by atoms with Crippen LogP contribution in [0.2, 0.25) is 0 Å². The Morgan fingerprint density at radius 2 is 1.28 bits per heavy atom. The summed E-state index contributed by atoms with van der Waals surface area (Å²) in [5.41, 5.74) is 0.692. The lowest BCUT2D eigenvalue weighted by atomic mass is 10.2. The van der Waals surface area contributed by atoms with Gasteiger partial charge in [0.1, 0.15) is 0 Å². The minimum Gasteiger partial charge on any atom is -0.461 e. The van der Waals surface area contributed by atoms with Crippen molar-refractivity contribution in [2.45, 2.75) is 88.9 Å². The van der Waals surface area contributed by atoms with E-state index in [0.717, 1.165) is 52.1 Å². The third-order valence-electron chi connectivity index (χ3n) is 4.99. The van der Waals surface area contributed by atoms with E-state index in [0.29, 0.717) is 23.7 Å². The van der Waals surface area contributed by atoms with Crippen molar-refractivity contribution in [2.24, 2.45) is 0 Å². The van der Waals surface area contributed by atoms with Crippen LogP contribution in [-0.2, 0) is 23.1 Å². The highest BCUT2D eigenvalue weighted by Crippen LogP contribution is 2.15. The lowest BCUT2D eigenvalue weighted by molar-refractivity contribution is -0.101. The van der Waals surface area contributed by atoms with E-state index < -0.39 is 19.5 Å². The molecule has 0 amide bonds. The number of ether oxygens (including phenoxy) is 4. The van der Waals surface area contributed by atoms with Gasteiger partial charge in [0.15, 0.2) is 19.5 Å². The highest BCUT2D eigenvalue weighted by atomic mass is 28.3. The van der Waals surface area contributed by atoms with Gasteiger partial charge in [-0.15, -0.1) is 0 Å². The standard InChI is InChI=1S/C18H38O5Si2/c1-3-5-7-17(21-13-15-9-11-19-15)24-23-25-18(8-6-4-2)22-14-16-10-12-20-16/h15-18H,3-14,24-25H2,1-2H3. The molecule has 0 aromatic heterocycles. The summed E-state index contributed by atoms with van der Waals surface area (Å²) >= 11 is 0. The second-order valence-electron chi connectivity index (χ2n) is 7.30. The van der Waals surface area contributed by atoms with Crippen LogP contribution in [0.5, 0.6) is 0 Å². The van der Waals surface area contributed by atoms with E-state index in [4.69, 9.17) is 23.1 Å². The van der Waals surface area contributed by atoms with Crippen LogP contribution in [0.15, 0.2) is 0 Å². The summed E-state index contributed by atoms with van der Waals surface area (Å²) in [6.07, 6.45) is 10.1. The molecule has 0 radical (unpaired) electrons. The van der Waals surface area contributed by atoms with Gasteiger partial charge >= 0.3 is 0 Å². The second-order valence-corrected chi connectivity index (χ2v) is 11.4. The monoisotopic (exact) mass is 390 g/mol. The molecule has 4 unspecified atom stereocenters. The molecule has 148 valence electrons. The Morgan fingerprint density at radius 3 is 1.60 bits per heavy atom. The van der Waals surface area contributed by atoms with Crippen LogP contribution >= 0.6 is 0 Å². The van der Waals surface area contributed by atoms with Gasteiger partial charge in [-0.3, -0.25) is 0 Å². The van der Waals surface area contributed by atoms with E-state index >= 15 is 0 Å². The maximum Gasteiger partial charge on any atom is 0.175 e. The Morgan fingerprint density at radius 1 is 0.840 bits per heavy atom. The van der Waals surface area contributed by atoms with Crippen LogP contribution in [0.3, 0.4) is 0 Å². The highest BCUT2D eigenvalue weighted by Gasteiger charge is 2.22. The van der Waals surface area contributed by atoms with Crippen LogP contribution < -0.4 is 0 Å². The third kappa shape index (κ3) is 9.12. The first kappa shape index (κ1) is 21.5. The molecule has 2 rings (SSSR count). The molecule has 0 aromatic rings. The minimum absolute atomic E-state index is 0.332. The zero-order valence-electron chi connectivity index (χ0n) is 16.3. The van der Waals surface area contributed by atoms with Gasteiger partial charge in [0.05, 0.1) is 36.9 Å². The van der Waals surface area contributed by atoms with Crippen LogP contribution in [0.4, 0.5) is 0 Å². The predicted molar refractivity (Wildman–Crippen MR) is 105 cm³/mol. The van der Waals surface area contributed by atoms with E-state index in [1.165, 1.54) is 25.7 Å². The zero-order chi connectivity index (χ0) is 17.7. The Hall–Kier alpha value is 0.234. The zero-order valence-corrected chi connectivity index (χ0v) is 19.1. The van der Waals surface area contributed by atoms with Crippen LogP contribution in [0.25, 0.3) is 0 Å². The van der Waals surface area contributed by atoms with Crippen LogP contribution in [-0.4, -0.2) is 69.6 Å². The molecule has 0 saturated carbocycles. The van der Waals surface area contributed by atoms with E-state index in [2.05, 4.69) is 13.8 Å². The Kier molecular flexibility index (Phi) is 11.5. The van der Waals surface area contributed by atoms with Gasteiger partial charge in [-0.1, -0.05) is 39.5 Å². The van der Waals surface area contributed by atoms with E-state index in [1.54, 1.807) is 0 Å². The Labute approximate surface area is 158 Å². The SMILES string of the molecule is CCCCC(OCC1CCO1)[SiH2]O[SiH2]C(CCCC)OCC1CCO1. The number of rotatable bonds is 16. The van der Waals surface area contributed by atoms with Crippen molar-refractivity contribution in [3.05, 3.63) is 0 Å². The van der Waals surface area contributed by atoms with Crippen LogP contribution in [0.1, 0.15) is 65.2 Å². The first-order valence-electron chi connectivity index (χ1n) is 10.4. The summed E-state index contributed by atoms with van der Waals surface area (Å²) in [6.45, 7) is 7.77. The van der Waals surface area contributed by atoms with E-state index in [9.17, 15) is 0 Å². The van der Waals surface area contributed by atoms with Gasteiger partial charge in [-0.05, 0) is 25.7 Å². The predicted octanol–water partition coefficient (Wildman–Crippen LogP) is 1.81. The van der Waals surface area contributed by atoms with Gasteiger partial charge in [-0.2, -0.15) is 0 Å². The maximum atomic E-state index is 6.27. The fraction of sp³-hybridized carbons (Fsp3) is 1.00. The highest BCUT2D eigenvalue weighted by molar-refractivity contribution is 6.44. The van der Waals surface area contributed by atoms with E-state index in [-0.39, 0.29) is 0 Å². The molecule has 25 heavy (non-hydrogen) atoms. The van der Waals surface area contributed by atoms with Gasteiger partial charge in [0.25, 0.3) is 0 Å². The lowest BCUT2D eigenvalue weighted by Crippen LogP contribution is -2.37. The number of unbranched alkanes of at least 4 members (excludes halogenated alkanes) is 2. The molecule has 0 N–H and O–H groups in total. The molecular weight excluding hydrogens is 352 g/mol. The van der Waals surface area contributed by atoms with E-state index in [1.807, 2.05) is 0 Å². The van der Waals surface area contributed by atoms with Crippen molar-refractivity contribution in [1.82, 2.24) is 0 Å². The number of hydrogen-bond acceptors (Lipinski definition) is 5. The summed E-state index contributed by atoms with van der Waals surface area (Å²) in [7, 11) is -1.28. The molecule has 2 aliphatic rings. The summed E-state index contributed by atoms with van der Waals surface area (Å²) in [4.78, 5) is 0. The summed E-state index contributed by atoms with van der Waals surface area (Å²) in [5.74, 6) is 0. The molecule has 0 bridgehead atoms. The van der Waals surface area contributed by atoms with Crippen molar-refractivity contribution >= 4 is 19.5 Å². The molecule has 2 aliphatic heterocycles. The molecule has 0 aliphatic carbocycles. The van der Waals surface area contributed by atoms with Gasteiger partial charge in [-0.25, -0.2) is 0 Å². The quantitative estimate of drug-likeness (QED) is 0.376. The first-order valence-corrected chi connectivity index (χ1v) is 13.1. The lowest BCUT2D eigenvalue weighted by Gasteiger charge is -2.29. The molecule has 7 heteroatoms. The minimum atomic E-state index is -0.642. The average molecular weight is 391 g/mol. The number of hydrogen-bond donors (Lipinski definition) is 0. The Balaban J connectivity index is 1.63. The smallest absolute Gasteiger partial charge is 0.175 e. The molecule has 2 saturated heterocycles. The van der Waals surface area contributed by atoms with Crippen molar-refractivity contribution in [2.75, 3.05) is 26.4 Å². The maximum absolute atomic E-state index is 6.27. The summed E-state index contributed by atoms with van der Waals surface area (Å²) in [5, 5.41) is 0. The first-order chi connectivity index (χ1) is 12.3.